The molecule has 3 unspecified atom stereocenters. The third-order valence-electron chi connectivity index (χ3n) is 2.75. The molecule has 2 aliphatic rings. The Morgan fingerprint density at radius 2 is 2.11 bits per heavy atom. The number of nitrogens with one attached hydrogen (secondary N) is 1. The van der Waals surface area contributed by atoms with Crippen molar-refractivity contribution < 1.29 is 0 Å². The van der Waals surface area contributed by atoms with Gasteiger partial charge in [0.2, 0.25) is 0 Å². The van der Waals surface area contributed by atoms with Gasteiger partial charge in [-0.15, -0.1) is 0 Å². The van der Waals surface area contributed by atoms with Crippen LogP contribution in [0.3, 0.4) is 0 Å². The molecule has 1 saturated carbocycles. The molecular formula is C8H15N. The van der Waals surface area contributed by atoms with Crippen molar-refractivity contribution in [3.05, 3.63) is 0 Å². The molecule has 2 rings (SSSR count). The van der Waals surface area contributed by atoms with Crippen LogP contribution >= 0.6 is 0 Å². The molecule has 3 atom stereocenters. The minimum Gasteiger partial charge on any atom is -0.311 e. The molecule has 2 fully saturated rings. The molecule has 1 saturated heterocycles. The molecule has 0 aromatic heterocycles. The van der Waals surface area contributed by atoms with Crippen molar-refractivity contribution in [3.8, 4) is 0 Å². The van der Waals surface area contributed by atoms with Gasteiger partial charge in [-0.05, 0) is 38.5 Å². The first-order valence-corrected chi connectivity index (χ1v) is 4.10. The lowest BCUT2D eigenvalue weighted by atomic mass is 9.96. The molecule has 0 radical (unpaired) electrons. The van der Waals surface area contributed by atoms with Gasteiger partial charge in [0.1, 0.15) is 0 Å². The van der Waals surface area contributed by atoms with Gasteiger partial charge < -0.3 is 5.32 Å². The minimum absolute atomic E-state index is 0.802. The minimum atomic E-state index is 0.802. The Kier molecular flexibility index (Phi) is 1.26. The molecular weight excluding hydrogens is 110 g/mol. The summed E-state index contributed by atoms with van der Waals surface area (Å²) in [6, 6.07) is 1.69. The SMILES string of the molecule is CC1CC2CCC(C2)N1. The second kappa shape index (κ2) is 1.98. The first kappa shape index (κ1) is 5.72. The molecule has 1 heteroatoms. The first-order chi connectivity index (χ1) is 4.34. The quantitative estimate of drug-likeness (QED) is 0.518. The molecule has 0 aromatic carbocycles. The van der Waals surface area contributed by atoms with E-state index >= 15 is 0 Å². The Bertz CT molecular complexity index is 99.1. The van der Waals surface area contributed by atoms with Crippen molar-refractivity contribution in [2.24, 2.45) is 5.92 Å². The van der Waals surface area contributed by atoms with E-state index in [1.807, 2.05) is 0 Å². The summed E-state index contributed by atoms with van der Waals surface area (Å²) in [5.74, 6) is 1.08. The number of hydrogen-bond acceptors (Lipinski definition) is 1. The summed E-state index contributed by atoms with van der Waals surface area (Å²) in [5, 5.41) is 3.61. The maximum absolute atomic E-state index is 3.61. The summed E-state index contributed by atoms with van der Waals surface area (Å²) in [7, 11) is 0. The van der Waals surface area contributed by atoms with Crippen LogP contribution in [0.5, 0.6) is 0 Å². The maximum atomic E-state index is 3.61. The number of rotatable bonds is 0. The van der Waals surface area contributed by atoms with Crippen LogP contribution in [0.1, 0.15) is 32.6 Å². The van der Waals surface area contributed by atoms with Gasteiger partial charge in [-0.3, -0.25) is 0 Å². The summed E-state index contributed by atoms with van der Waals surface area (Å²) in [6.45, 7) is 2.31. The maximum Gasteiger partial charge on any atom is 0.00722 e. The summed E-state index contributed by atoms with van der Waals surface area (Å²) in [5.41, 5.74) is 0. The van der Waals surface area contributed by atoms with E-state index in [4.69, 9.17) is 0 Å². The average molecular weight is 125 g/mol. The third kappa shape index (κ3) is 0.983. The first-order valence-electron chi connectivity index (χ1n) is 4.10. The molecule has 9 heavy (non-hydrogen) atoms. The third-order valence-corrected chi connectivity index (χ3v) is 2.75. The van der Waals surface area contributed by atoms with Gasteiger partial charge in [-0.25, -0.2) is 0 Å². The van der Waals surface area contributed by atoms with E-state index in [1.54, 1.807) is 0 Å². The lowest BCUT2D eigenvalue weighted by molar-refractivity contribution is 0.324. The van der Waals surface area contributed by atoms with E-state index in [-0.39, 0.29) is 0 Å². The van der Waals surface area contributed by atoms with Gasteiger partial charge >= 0.3 is 0 Å². The highest BCUT2D eigenvalue weighted by molar-refractivity contribution is 4.89. The average Bonchev–Trinajstić information content (AvgIpc) is 2.11. The number of fused-ring (bicyclic) bond motifs is 2. The number of piperidine rings is 1. The molecule has 0 amide bonds. The van der Waals surface area contributed by atoms with Crippen molar-refractivity contribution in [2.45, 2.75) is 44.7 Å². The van der Waals surface area contributed by atoms with E-state index in [0.29, 0.717) is 0 Å². The lowest BCUT2D eigenvalue weighted by Crippen LogP contribution is -2.39. The second-order valence-corrected chi connectivity index (χ2v) is 3.68. The fourth-order valence-electron chi connectivity index (χ4n) is 2.41. The fraction of sp³-hybridized carbons (Fsp3) is 1.00. The van der Waals surface area contributed by atoms with Crippen LogP contribution in [-0.2, 0) is 0 Å². The van der Waals surface area contributed by atoms with Gasteiger partial charge in [-0.2, -0.15) is 0 Å². The lowest BCUT2D eigenvalue weighted by Gasteiger charge is -2.26. The van der Waals surface area contributed by atoms with E-state index in [0.717, 1.165) is 18.0 Å². The molecule has 1 nitrogen and oxygen atoms in total. The molecule has 52 valence electrons. The molecule has 1 aliphatic carbocycles. The standard InChI is InChI=1S/C8H15N/c1-6-4-7-2-3-8(5-7)9-6/h6-9H,2-5H2,1H3. The Balaban J connectivity index is 2.03. The predicted octanol–water partition coefficient (Wildman–Crippen LogP) is 1.54. The Labute approximate surface area is 56.8 Å². The Morgan fingerprint density at radius 3 is 2.89 bits per heavy atom. The van der Waals surface area contributed by atoms with Crippen LogP contribution in [0.4, 0.5) is 0 Å². The molecule has 0 aromatic rings. The smallest absolute Gasteiger partial charge is 0.00722 e. The monoisotopic (exact) mass is 125 g/mol. The summed E-state index contributed by atoms with van der Waals surface area (Å²) >= 11 is 0. The Hall–Kier alpha value is -0.0400. The van der Waals surface area contributed by atoms with E-state index in [1.165, 1.54) is 25.7 Å². The van der Waals surface area contributed by atoms with Gasteiger partial charge in [-0.1, -0.05) is 0 Å². The van der Waals surface area contributed by atoms with Crippen LogP contribution in [0.15, 0.2) is 0 Å². The highest BCUT2D eigenvalue weighted by atomic mass is 15.0. The highest BCUT2D eigenvalue weighted by Crippen LogP contribution is 2.33. The molecule has 1 N–H and O–H groups in total. The zero-order valence-corrected chi connectivity index (χ0v) is 6.06. The summed E-state index contributed by atoms with van der Waals surface area (Å²) in [4.78, 5) is 0. The predicted molar refractivity (Wildman–Crippen MR) is 38.3 cm³/mol. The van der Waals surface area contributed by atoms with Crippen LogP contribution in [0.2, 0.25) is 0 Å². The van der Waals surface area contributed by atoms with Gasteiger partial charge in [0.25, 0.3) is 0 Å². The van der Waals surface area contributed by atoms with Crippen molar-refractivity contribution in [1.29, 1.82) is 0 Å². The summed E-state index contributed by atoms with van der Waals surface area (Å²) in [6.07, 6.45) is 5.82. The molecule has 1 heterocycles. The normalized spacial score (nSPS) is 49.7. The fourth-order valence-corrected chi connectivity index (χ4v) is 2.41. The van der Waals surface area contributed by atoms with Crippen LogP contribution < -0.4 is 5.32 Å². The Morgan fingerprint density at radius 1 is 1.22 bits per heavy atom. The van der Waals surface area contributed by atoms with Gasteiger partial charge in [0.05, 0.1) is 0 Å². The van der Waals surface area contributed by atoms with Crippen molar-refractivity contribution >= 4 is 0 Å². The van der Waals surface area contributed by atoms with Crippen molar-refractivity contribution in [3.63, 3.8) is 0 Å². The van der Waals surface area contributed by atoms with Crippen LogP contribution in [0, 0.1) is 5.92 Å². The topological polar surface area (TPSA) is 12.0 Å². The second-order valence-electron chi connectivity index (χ2n) is 3.68. The number of hydrogen-bond donors (Lipinski definition) is 1. The molecule has 1 aliphatic heterocycles. The van der Waals surface area contributed by atoms with Crippen LogP contribution in [-0.4, -0.2) is 12.1 Å². The molecule has 0 spiro atoms. The zero-order valence-electron chi connectivity index (χ0n) is 6.06. The van der Waals surface area contributed by atoms with Crippen molar-refractivity contribution in [1.82, 2.24) is 5.32 Å². The highest BCUT2D eigenvalue weighted by Gasteiger charge is 2.31. The summed E-state index contributed by atoms with van der Waals surface area (Å²) < 4.78 is 0. The van der Waals surface area contributed by atoms with E-state index in [2.05, 4.69) is 12.2 Å². The van der Waals surface area contributed by atoms with Gasteiger partial charge in [0.15, 0.2) is 0 Å². The molecule has 2 bridgehead atoms. The largest absolute Gasteiger partial charge is 0.311 e. The van der Waals surface area contributed by atoms with Crippen LogP contribution in [0.25, 0.3) is 0 Å². The zero-order chi connectivity index (χ0) is 6.27. The van der Waals surface area contributed by atoms with Crippen molar-refractivity contribution in [2.75, 3.05) is 0 Å². The van der Waals surface area contributed by atoms with Gasteiger partial charge in [0, 0.05) is 12.1 Å². The van der Waals surface area contributed by atoms with E-state index in [9.17, 15) is 0 Å². The van der Waals surface area contributed by atoms with E-state index < -0.39 is 0 Å².